The molecule has 35 heavy (non-hydrogen) atoms. The molecule has 0 aromatic carbocycles. The summed E-state index contributed by atoms with van der Waals surface area (Å²) in [6, 6.07) is 10.4. The lowest BCUT2D eigenvalue weighted by Crippen LogP contribution is -2.31. The Kier molecular flexibility index (Phi) is 8.60. The van der Waals surface area contributed by atoms with E-state index in [0.29, 0.717) is 45.2 Å². The van der Waals surface area contributed by atoms with Gasteiger partial charge in [-0.2, -0.15) is 0 Å². The van der Waals surface area contributed by atoms with E-state index in [1.54, 1.807) is 62.9 Å². The first-order valence-electron chi connectivity index (χ1n) is 11.0. The second-order valence-corrected chi connectivity index (χ2v) is 7.63. The van der Waals surface area contributed by atoms with Crippen molar-refractivity contribution in [3.63, 3.8) is 0 Å². The standard InChI is InChI=1S/C25H28N8O2/c1-16(2)31-25(34)19(14-29-15-28-4)20-5-6-22-21(32-20)7-8-24(33-22)35-18-9-10-30-23(11-18)17(12-26)13-27-3/h5-16,26-27H,1-4H3,(H,28,29)(H,31,34)/b17-13+,19-14-,26-12?. The zero-order valence-corrected chi connectivity index (χ0v) is 20.0. The van der Waals surface area contributed by atoms with Crippen LogP contribution in [0.2, 0.25) is 0 Å². The van der Waals surface area contributed by atoms with E-state index in [9.17, 15) is 4.79 Å². The topological polar surface area (TPSA) is 137 Å². The predicted octanol–water partition coefficient (Wildman–Crippen LogP) is 3.14. The molecule has 10 nitrogen and oxygen atoms in total. The number of pyridine rings is 3. The average Bonchev–Trinajstić information content (AvgIpc) is 2.84. The molecule has 0 unspecified atom stereocenters. The molecule has 0 saturated heterocycles. The van der Waals surface area contributed by atoms with Crippen LogP contribution in [0, 0.1) is 5.41 Å². The largest absolute Gasteiger partial charge is 0.439 e. The van der Waals surface area contributed by atoms with Crippen LogP contribution in [0.3, 0.4) is 0 Å². The molecule has 3 aromatic rings. The average molecular weight is 473 g/mol. The minimum atomic E-state index is -0.266. The summed E-state index contributed by atoms with van der Waals surface area (Å²) in [4.78, 5) is 30.2. The second kappa shape index (κ2) is 12.0. The van der Waals surface area contributed by atoms with Crippen molar-refractivity contribution in [1.29, 1.82) is 5.41 Å². The van der Waals surface area contributed by atoms with Crippen molar-refractivity contribution in [3.8, 4) is 11.6 Å². The molecule has 0 aliphatic heterocycles. The SMILES string of the molecule is CN/C=N\C=C(/C(=O)NC(C)C)c1ccc2nc(Oc3ccnc(/C(C=N)=C/NC)c3)ccc2n1. The number of amides is 1. The second-order valence-electron chi connectivity index (χ2n) is 7.63. The zero-order chi connectivity index (χ0) is 25.2. The van der Waals surface area contributed by atoms with Crippen LogP contribution >= 0.6 is 0 Å². The van der Waals surface area contributed by atoms with E-state index in [-0.39, 0.29) is 11.9 Å². The molecule has 3 rings (SSSR count). The molecule has 0 fully saturated rings. The van der Waals surface area contributed by atoms with Crippen LogP contribution in [0.25, 0.3) is 22.2 Å². The number of allylic oxidation sites excluding steroid dienone is 1. The third-order valence-electron chi connectivity index (χ3n) is 4.57. The number of fused-ring (bicyclic) bond motifs is 1. The molecule has 0 spiro atoms. The molecule has 0 radical (unpaired) electrons. The van der Waals surface area contributed by atoms with E-state index in [1.807, 2.05) is 13.8 Å². The summed E-state index contributed by atoms with van der Waals surface area (Å²) in [6.45, 7) is 3.78. The quantitative estimate of drug-likeness (QED) is 0.202. The predicted molar refractivity (Wildman–Crippen MR) is 138 cm³/mol. The van der Waals surface area contributed by atoms with Gasteiger partial charge in [-0.25, -0.2) is 15.0 Å². The monoisotopic (exact) mass is 472 g/mol. The molecular weight excluding hydrogens is 444 g/mol. The van der Waals surface area contributed by atoms with Gasteiger partial charge in [-0.3, -0.25) is 9.78 Å². The maximum absolute atomic E-state index is 12.7. The van der Waals surface area contributed by atoms with E-state index >= 15 is 0 Å². The van der Waals surface area contributed by atoms with Gasteiger partial charge in [0, 0.05) is 62.7 Å². The summed E-state index contributed by atoms with van der Waals surface area (Å²) in [5, 5.41) is 16.1. The van der Waals surface area contributed by atoms with Crippen LogP contribution in [-0.4, -0.2) is 53.5 Å². The van der Waals surface area contributed by atoms with Gasteiger partial charge in [0.05, 0.1) is 34.3 Å². The number of hydrogen-bond acceptors (Lipinski definition) is 8. The summed E-state index contributed by atoms with van der Waals surface area (Å²) in [7, 11) is 3.48. The maximum Gasteiger partial charge on any atom is 0.255 e. The first-order valence-corrected chi connectivity index (χ1v) is 11.0. The van der Waals surface area contributed by atoms with Crippen molar-refractivity contribution >= 4 is 40.6 Å². The van der Waals surface area contributed by atoms with Gasteiger partial charge in [0.15, 0.2) is 0 Å². The van der Waals surface area contributed by atoms with Crippen LogP contribution in [0.15, 0.2) is 60.0 Å². The number of hydrogen-bond donors (Lipinski definition) is 4. The highest BCUT2D eigenvalue weighted by Gasteiger charge is 2.15. The smallest absolute Gasteiger partial charge is 0.255 e. The van der Waals surface area contributed by atoms with Gasteiger partial charge in [-0.05, 0) is 38.1 Å². The fourth-order valence-electron chi connectivity index (χ4n) is 3.06. The van der Waals surface area contributed by atoms with Crippen molar-refractivity contribution in [2.24, 2.45) is 4.99 Å². The van der Waals surface area contributed by atoms with Gasteiger partial charge >= 0.3 is 0 Å². The van der Waals surface area contributed by atoms with Gasteiger partial charge in [-0.1, -0.05) is 0 Å². The van der Waals surface area contributed by atoms with Gasteiger partial charge in [0.25, 0.3) is 5.91 Å². The molecule has 0 aliphatic rings. The number of carbonyl (C=O) groups excluding carboxylic acids is 1. The van der Waals surface area contributed by atoms with E-state index in [1.165, 1.54) is 18.8 Å². The van der Waals surface area contributed by atoms with Crippen LogP contribution in [-0.2, 0) is 4.79 Å². The Morgan fingerprint density at radius 3 is 2.54 bits per heavy atom. The molecule has 0 aliphatic carbocycles. The Morgan fingerprint density at radius 2 is 1.83 bits per heavy atom. The van der Waals surface area contributed by atoms with Crippen LogP contribution in [0.4, 0.5) is 0 Å². The molecule has 3 aromatic heterocycles. The number of aliphatic imine (C=N–C) groups is 1. The van der Waals surface area contributed by atoms with Gasteiger partial charge in [0.2, 0.25) is 5.88 Å². The van der Waals surface area contributed by atoms with Gasteiger partial charge in [0.1, 0.15) is 5.75 Å². The van der Waals surface area contributed by atoms with E-state index in [2.05, 4.69) is 35.9 Å². The first-order chi connectivity index (χ1) is 16.9. The Hall–Kier alpha value is -4.60. The van der Waals surface area contributed by atoms with Crippen molar-refractivity contribution in [1.82, 2.24) is 30.9 Å². The molecule has 10 heteroatoms. The summed E-state index contributed by atoms with van der Waals surface area (Å²) in [6.07, 6.45) is 7.47. The molecule has 4 N–H and O–H groups in total. The molecule has 0 bridgehead atoms. The number of nitrogens with zero attached hydrogens (tertiary/aromatic N) is 4. The Morgan fingerprint density at radius 1 is 1.06 bits per heavy atom. The fraction of sp³-hybridized carbons (Fsp3) is 0.200. The Labute approximate surface area is 203 Å². The summed E-state index contributed by atoms with van der Waals surface area (Å²) in [5.41, 5.74) is 3.25. The third-order valence-corrected chi connectivity index (χ3v) is 4.57. The zero-order valence-electron chi connectivity index (χ0n) is 20.0. The lowest BCUT2D eigenvalue weighted by atomic mass is 10.1. The fourth-order valence-corrected chi connectivity index (χ4v) is 3.06. The molecule has 1 amide bonds. The van der Waals surface area contributed by atoms with Gasteiger partial charge < -0.3 is 26.1 Å². The van der Waals surface area contributed by atoms with Crippen LogP contribution in [0.1, 0.15) is 25.2 Å². The highest BCUT2D eigenvalue weighted by Crippen LogP contribution is 2.25. The summed E-state index contributed by atoms with van der Waals surface area (Å²) >= 11 is 0. The molecule has 3 heterocycles. The number of nitrogens with one attached hydrogen (secondary N) is 4. The van der Waals surface area contributed by atoms with Crippen molar-refractivity contribution in [3.05, 3.63) is 66.4 Å². The third kappa shape index (κ3) is 6.70. The number of rotatable bonds is 10. The summed E-state index contributed by atoms with van der Waals surface area (Å²) in [5.74, 6) is 0.650. The normalized spacial score (nSPS) is 12.1. The summed E-state index contributed by atoms with van der Waals surface area (Å²) < 4.78 is 5.92. The lowest BCUT2D eigenvalue weighted by molar-refractivity contribution is -0.116. The van der Waals surface area contributed by atoms with Crippen molar-refractivity contribution < 1.29 is 9.53 Å². The lowest BCUT2D eigenvalue weighted by Gasteiger charge is -2.11. The van der Waals surface area contributed by atoms with Gasteiger partial charge in [-0.15, -0.1) is 0 Å². The number of ether oxygens (including phenoxy) is 1. The number of aromatic nitrogens is 3. The van der Waals surface area contributed by atoms with Crippen LogP contribution < -0.4 is 20.7 Å². The van der Waals surface area contributed by atoms with E-state index in [0.717, 1.165) is 0 Å². The molecule has 0 saturated carbocycles. The van der Waals surface area contributed by atoms with Crippen molar-refractivity contribution in [2.75, 3.05) is 14.1 Å². The van der Waals surface area contributed by atoms with E-state index < -0.39 is 0 Å². The van der Waals surface area contributed by atoms with Crippen molar-refractivity contribution in [2.45, 2.75) is 19.9 Å². The Balaban J connectivity index is 1.89. The molecule has 0 atom stereocenters. The van der Waals surface area contributed by atoms with E-state index in [4.69, 9.17) is 10.1 Å². The minimum Gasteiger partial charge on any atom is -0.439 e. The van der Waals surface area contributed by atoms with Crippen LogP contribution in [0.5, 0.6) is 11.6 Å². The highest BCUT2D eigenvalue weighted by atomic mass is 16.5. The molecular formula is C25H28N8O2. The first kappa shape index (κ1) is 25.0. The minimum absolute atomic E-state index is 0.0291. The molecule has 180 valence electrons. The maximum atomic E-state index is 12.7. The Bertz CT molecular complexity index is 1300. The highest BCUT2D eigenvalue weighted by molar-refractivity contribution is 6.19. The number of carbonyl (C=O) groups is 1.